The van der Waals surface area contributed by atoms with Crippen LogP contribution in [0.5, 0.6) is 0 Å². The lowest BCUT2D eigenvalue weighted by molar-refractivity contribution is 0.939. The summed E-state index contributed by atoms with van der Waals surface area (Å²) in [6, 6.07) is 4.17. The van der Waals surface area contributed by atoms with Crippen molar-refractivity contribution in [1.29, 1.82) is 0 Å². The number of hydrogen-bond donors (Lipinski definition) is 0. The van der Waals surface area contributed by atoms with Crippen LogP contribution < -0.4 is 0 Å². The molecule has 0 aliphatic heterocycles. The quantitative estimate of drug-likeness (QED) is 0.659. The molecule has 0 spiro atoms. The Kier molecular flexibility index (Phi) is 1.85. The van der Waals surface area contributed by atoms with Gasteiger partial charge in [0, 0.05) is 11.4 Å². The molecule has 0 aromatic carbocycles. The minimum atomic E-state index is 1.02. The minimum absolute atomic E-state index is 1.02. The fraction of sp³-hybridized carbons (Fsp3) is 0.200. The van der Waals surface area contributed by atoms with Crippen molar-refractivity contribution in [2.75, 3.05) is 0 Å². The van der Waals surface area contributed by atoms with E-state index < -0.39 is 0 Å². The largest absolute Gasteiger partial charge is 0.316 e. The van der Waals surface area contributed by atoms with Gasteiger partial charge in [-0.25, -0.2) is 9.97 Å². The second-order valence-electron chi connectivity index (χ2n) is 3.05. The van der Waals surface area contributed by atoms with Crippen LogP contribution in [-0.2, 0) is 0 Å². The van der Waals surface area contributed by atoms with Crippen molar-refractivity contribution in [2.45, 2.75) is 13.8 Å². The molecule has 66 valence electrons. The zero-order chi connectivity index (χ0) is 9.26. The summed E-state index contributed by atoms with van der Waals surface area (Å²) in [6.45, 7) is 4.14. The van der Waals surface area contributed by atoms with Crippen molar-refractivity contribution >= 4 is 0 Å². The Morgan fingerprint density at radius 2 is 1.54 bits per heavy atom. The summed E-state index contributed by atoms with van der Waals surface area (Å²) in [5, 5.41) is 0. The van der Waals surface area contributed by atoms with Crippen LogP contribution in [0.2, 0.25) is 0 Å². The Hall–Kier alpha value is -1.64. The molecule has 0 fully saturated rings. The van der Waals surface area contributed by atoms with E-state index in [2.05, 4.69) is 40.5 Å². The number of aromatic nitrogens is 3. The lowest BCUT2D eigenvalue weighted by atomic mass is 10.4. The SMILES string of the molecule is Cc1ccc(C)n1-c1cncnc1. The molecule has 2 heterocycles. The van der Waals surface area contributed by atoms with E-state index in [1.165, 1.54) is 17.7 Å². The maximum Gasteiger partial charge on any atom is 0.115 e. The van der Waals surface area contributed by atoms with Crippen molar-refractivity contribution in [3.05, 3.63) is 42.2 Å². The first kappa shape index (κ1) is 7.98. The Balaban J connectivity index is 2.59. The molecule has 3 nitrogen and oxygen atoms in total. The smallest absolute Gasteiger partial charge is 0.115 e. The monoisotopic (exact) mass is 173 g/mol. The van der Waals surface area contributed by atoms with Gasteiger partial charge in [-0.3, -0.25) is 0 Å². The molecule has 3 heteroatoms. The molecule has 0 amide bonds. The maximum absolute atomic E-state index is 3.99. The second-order valence-corrected chi connectivity index (χ2v) is 3.05. The predicted molar refractivity (Wildman–Crippen MR) is 50.8 cm³/mol. The lowest BCUT2D eigenvalue weighted by Gasteiger charge is -2.06. The average Bonchev–Trinajstić information content (AvgIpc) is 2.48. The molecule has 2 rings (SSSR count). The van der Waals surface area contributed by atoms with Gasteiger partial charge < -0.3 is 4.57 Å². The van der Waals surface area contributed by atoms with Crippen LogP contribution in [0, 0.1) is 13.8 Å². The van der Waals surface area contributed by atoms with E-state index in [-0.39, 0.29) is 0 Å². The molecule has 0 saturated carbocycles. The van der Waals surface area contributed by atoms with Gasteiger partial charge in [0.2, 0.25) is 0 Å². The van der Waals surface area contributed by atoms with Crippen LogP contribution in [-0.4, -0.2) is 14.5 Å². The van der Waals surface area contributed by atoms with Gasteiger partial charge >= 0.3 is 0 Å². The van der Waals surface area contributed by atoms with Crippen LogP contribution in [0.15, 0.2) is 30.9 Å². The molecule has 0 saturated heterocycles. The molecule has 2 aromatic heterocycles. The predicted octanol–water partition coefficient (Wildman–Crippen LogP) is 1.88. The highest BCUT2D eigenvalue weighted by Gasteiger charge is 2.02. The van der Waals surface area contributed by atoms with Gasteiger partial charge in [-0.2, -0.15) is 0 Å². The van der Waals surface area contributed by atoms with E-state index in [0.717, 1.165) is 5.69 Å². The molecule has 0 N–H and O–H groups in total. The van der Waals surface area contributed by atoms with Gasteiger partial charge in [0.25, 0.3) is 0 Å². The van der Waals surface area contributed by atoms with Gasteiger partial charge in [-0.05, 0) is 26.0 Å². The fourth-order valence-corrected chi connectivity index (χ4v) is 1.48. The second kappa shape index (κ2) is 3.01. The molecule has 0 bridgehead atoms. The molecular weight excluding hydrogens is 162 g/mol. The standard InChI is InChI=1S/C10H11N3/c1-8-3-4-9(2)13(8)10-5-11-7-12-6-10/h3-7H,1-2H3. The number of nitrogens with zero attached hydrogens (tertiary/aromatic N) is 3. The average molecular weight is 173 g/mol. The molecular formula is C10H11N3. The van der Waals surface area contributed by atoms with Crippen molar-refractivity contribution in [2.24, 2.45) is 0 Å². The zero-order valence-electron chi connectivity index (χ0n) is 7.73. The first-order valence-corrected chi connectivity index (χ1v) is 4.19. The minimum Gasteiger partial charge on any atom is -0.316 e. The molecule has 0 radical (unpaired) electrons. The summed E-state index contributed by atoms with van der Waals surface area (Å²) < 4.78 is 2.12. The molecule has 0 unspecified atom stereocenters. The van der Waals surface area contributed by atoms with Crippen molar-refractivity contribution in [1.82, 2.24) is 14.5 Å². The summed E-state index contributed by atoms with van der Waals surface area (Å²) in [4.78, 5) is 7.98. The highest BCUT2D eigenvalue weighted by molar-refractivity contribution is 5.32. The van der Waals surface area contributed by atoms with Crippen LogP contribution in [0.3, 0.4) is 0 Å². The maximum atomic E-state index is 3.99. The van der Waals surface area contributed by atoms with Crippen molar-refractivity contribution in [3.63, 3.8) is 0 Å². The fourth-order valence-electron chi connectivity index (χ4n) is 1.48. The summed E-state index contributed by atoms with van der Waals surface area (Å²) in [5.41, 5.74) is 3.42. The van der Waals surface area contributed by atoms with Crippen molar-refractivity contribution < 1.29 is 0 Å². The normalized spacial score (nSPS) is 10.3. The third-order valence-corrected chi connectivity index (χ3v) is 2.08. The lowest BCUT2D eigenvalue weighted by Crippen LogP contribution is -1.99. The summed E-state index contributed by atoms with van der Waals surface area (Å²) in [6.07, 6.45) is 5.16. The van der Waals surface area contributed by atoms with E-state index in [9.17, 15) is 0 Å². The van der Waals surface area contributed by atoms with E-state index in [1.54, 1.807) is 0 Å². The van der Waals surface area contributed by atoms with E-state index in [0.29, 0.717) is 0 Å². The van der Waals surface area contributed by atoms with Gasteiger partial charge in [-0.15, -0.1) is 0 Å². The molecule has 0 aliphatic carbocycles. The Labute approximate surface area is 77.1 Å². The first-order chi connectivity index (χ1) is 6.29. The topological polar surface area (TPSA) is 30.7 Å². The van der Waals surface area contributed by atoms with Crippen LogP contribution >= 0.6 is 0 Å². The summed E-state index contributed by atoms with van der Waals surface area (Å²) in [5.74, 6) is 0. The van der Waals surface area contributed by atoms with Gasteiger partial charge in [-0.1, -0.05) is 0 Å². The highest BCUT2D eigenvalue weighted by Crippen LogP contribution is 2.13. The van der Waals surface area contributed by atoms with Crippen LogP contribution in [0.1, 0.15) is 11.4 Å². The van der Waals surface area contributed by atoms with E-state index in [4.69, 9.17) is 0 Å². The zero-order valence-corrected chi connectivity index (χ0v) is 7.73. The van der Waals surface area contributed by atoms with Crippen molar-refractivity contribution in [3.8, 4) is 5.69 Å². The van der Waals surface area contributed by atoms with Gasteiger partial charge in [0.05, 0.1) is 18.1 Å². The number of rotatable bonds is 1. The van der Waals surface area contributed by atoms with Gasteiger partial charge in [0.1, 0.15) is 6.33 Å². The molecule has 0 atom stereocenters. The Bertz CT molecular complexity index is 384. The number of hydrogen-bond acceptors (Lipinski definition) is 2. The van der Waals surface area contributed by atoms with Gasteiger partial charge in [0.15, 0.2) is 0 Å². The van der Waals surface area contributed by atoms with Crippen LogP contribution in [0.25, 0.3) is 5.69 Å². The Morgan fingerprint density at radius 3 is 2.08 bits per heavy atom. The number of aryl methyl sites for hydroxylation is 2. The Morgan fingerprint density at radius 1 is 1.00 bits per heavy atom. The molecule has 13 heavy (non-hydrogen) atoms. The van der Waals surface area contributed by atoms with Crippen LogP contribution in [0.4, 0.5) is 0 Å². The summed E-state index contributed by atoms with van der Waals surface area (Å²) in [7, 11) is 0. The van der Waals surface area contributed by atoms with E-state index >= 15 is 0 Å². The molecule has 0 aliphatic rings. The third kappa shape index (κ3) is 1.33. The highest BCUT2D eigenvalue weighted by atomic mass is 15.0. The first-order valence-electron chi connectivity index (χ1n) is 4.19. The van der Waals surface area contributed by atoms with E-state index in [1.807, 2.05) is 12.4 Å². The third-order valence-electron chi connectivity index (χ3n) is 2.08. The summed E-state index contributed by atoms with van der Waals surface area (Å²) >= 11 is 0. The molecule has 2 aromatic rings.